The number of para-hydroxylation sites is 1. The highest BCUT2D eigenvalue weighted by Crippen LogP contribution is 2.08. The molecule has 0 fully saturated rings. The van der Waals surface area contributed by atoms with Crippen molar-refractivity contribution in [3.05, 3.63) is 66.7 Å². The lowest BCUT2D eigenvalue weighted by Gasteiger charge is -1.97. The Morgan fingerprint density at radius 3 is 2.67 bits per heavy atom. The lowest BCUT2D eigenvalue weighted by molar-refractivity contribution is 0.479. The van der Waals surface area contributed by atoms with Gasteiger partial charge in [-0.3, -0.25) is 0 Å². The number of aromatic amines is 1. The van der Waals surface area contributed by atoms with Crippen molar-refractivity contribution in [2.45, 2.75) is 6.42 Å². The predicted molar refractivity (Wildman–Crippen MR) is 60.7 cm³/mol. The molecule has 0 radical (unpaired) electrons. The molecule has 0 aliphatic rings. The van der Waals surface area contributed by atoms with Gasteiger partial charge in [0.1, 0.15) is 5.75 Å². The molecule has 0 unspecified atom stereocenters. The van der Waals surface area contributed by atoms with Crippen LogP contribution in [-0.2, 0) is 6.42 Å². The van der Waals surface area contributed by atoms with Gasteiger partial charge in [0.25, 0.3) is 0 Å². The Morgan fingerprint density at radius 2 is 1.93 bits per heavy atom. The molecule has 0 aliphatic carbocycles. The minimum atomic E-state index is 0.861. The quantitative estimate of drug-likeness (QED) is 0.752. The largest absolute Gasteiger partial charge is 0.465 e. The maximum atomic E-state index is 5.41. The zero-order chi connectivity index (χ0) is 10.3. The molecule has 0 saturated carbocycles. The molecule has 0 bridgehead atoms. The fourth-order valence-corrected chi connectivity index (χ4v) is 1.30. The summed E-state index contributed by atoms with van der Waals surface area (Å²) in [5.74, 6) is 0.861. The zero-order valence-corrected chi connectivity index (χ0v) is 8.39. The smallest absolute Gasteiger partial charge is 0.126 e. The number of benzene rings is 1. The van der Waals surface area contributed by atoms with E-state index in [2.05, 4.69) is 4.98 Å². The Balaban J connectivity index is 1.81. The van der Waals surface area contributed by atoms with Crippen LogP contribution in [0.2, 0.25) is 0 Å². The molecule has 1 heterocycles. The van der Waals surface area contributed by atoms with E-state index in [0.29, 0.717) is 0 Å². The molecule has 0 amide bonds. The van der Waals surface area contributed by atoms with Crippen LogP contribution in [0, 0.1) is 0 Å². The fourth-order valence-electron chi connectivity index (χ4n) is 1.30. The Labute approximate surface area is 89.2 Å². The van der Waals surface area contributed by atoms with Crippen molar-refractivity contribution < 1.29 is 4.74 Å². The highest BCUT2D eigenvalue weighted by molar-refractivity contribution is 5.22. The zero-order valence-electron chi connectivity index (χ0n) is 8.39. The van der Waals surface area contributed by atoms with E-state index in [1.165, 1.54) is 5.69 Å². The molecule has 76 valence electrons. The SMILES string of the molecule is C(=COc1ccccc1)Cc1ccc[nH]1. The van der Waals surface area contributed by atoms with Crippen LogP contribution in [0.15, 0.2) is 61.0 Å². The molecule has 1 aromatic carbocycles. The Kier molecular flexibility index (Phi) is 3.23. The van der Waals surface area contributed by atoms with Crippen LogP contribution in [0.1, 0.15) is 5.69 Å². The first kappa shape index (κ1) is 9.59. The summed E-state index contributed by atoms with van der Waals surface area (Å²) < 4.78 is 5.41. The van der Waals surface area contributed by atoms with Crippen molar-refractivity contribution in [3.63, 3.8) is 0 Å². The summed E-state index contributed by atoms with van der Waals surface area (Å²) >= 11 is 0. The molecule has 2 aromatic rings. The first-order valence-corrected chi connectivity index (χ1v) is 4.94. The number of H-pyrrole nitrogens is 1. The molecule has 2 heteroatoms. The molecule has 0 saturated heterocycles. The van der Waals surface area contributed by atoms with Gasteiger partial charge in [-0.15, -0.1) is 0 Å². The van der Waals surface area contributed by atoms with Crippen molar-refractivity contribution in [3.8, 4) is 5.75 Å². The van der Waals surface area contributed by atoms with Gasteiger partial charge in [-0.2, -0.15) is 0 Å². The highest BCUT2D eigenvalue weighted by atomic mass is 16.5. The van der Waals surface area contributed by atoms with Gasteiger partial charge in [-0.1, -0.05) is 18.2 Å². The second-order valence-corrected chi connectivity index (χ2v) is 3.20. The topological polar surface area (TPSA) is 25.0 Å². The molecule has 0 atom stereocenters. The van der Waals surface area contributed by atoms with E-state index < -0.39 is 0 Å². The van der Waals surface area contributed by atoms with Crippen molar-refractivity contribution in [2.24, 2.45) is 0 Å². The summed E-state index contributed by atoms with van der Waals surface area (Å²) in [5, 5.41) is 0. The van der Waals surface area contributed by atoms with Crippen LogP contribution in [0.25, 0.3) is 0 Å². The predicted octanol–water partition coefficient (Wildman–Crippen LogP) is 3.15. The molecular formula is C13H13NO. The second kappa shape index (κ2) is 5.05. The molecule has 2 nitrogen and oxygen atoms in total. The Morgan fingerprint density at radius 1 is 1.07 bits per heavy atom. The number of nitrogens with one attached hydrogen (secondary N) is 1. The van der Waals surface area contributed by atoms with E-state index in [9.17, 15) is 0 Å². The number of allylic oxidation sites excluding steroid dienone is 1. The van der Waals surface area contributed by atoms with E-state index in [-0.39, 0.29) is 0 Å². The van der Waals surface area contributed by atoms with Gasteiger partial charge >= 0.3 is 0 Å². The molecule has 1 aromatic heterocycles. The highest BCUT2D eigenvalue weighted by Gasteiger charge is 1.88. The van der Waals surface area contributed by atoms with E-state index in [1.54, 1.807) is 6.26 Å². The summed E-state index contributed by atoms with van der Waals surface area (Å²) in [5.41, 5.74) is 1.18. The Bertz CT molecular complexity index is 403. The summed E-state index contributed by atoms with van der Waals surface area (Å²) in [6.45, 7) is 0. The third-order valence-corrected chi connectivity index (χ3v) is 2.04. The van der Waals surface area contributed by atoms with Gasteiger partial charge in [-0.05, 0) is 30.3 Å². The van der Waals surface area contributed by atoms with Crippen molar-refractivity contribution >= 4 is 0 Å². The van der Waals surface area contributed by atoms with E-state index in [1.807, 2.05) is 54.7 Å². The van der Waals surface area contributed by atoms with Gasteiger partial charge in [0, 0.05) is 18.3 Å². The lowest BCUT2D eigenvalue weighted by Crippen LogP contribution is -1.83. The molecule has 15 heavy (non-hydrogen) atoms. The number of ether oxygens (including phenoxy) is 1. The van der Waals surface area contributed by atoms with Gasteiger partial charge < -0.3 is 9.72 Å². The molecule has 1 N–H and O–H groups in total. The van der Waals surface area contributed by atoms with Gasteiger partial charge in [0.15, 0.2) is 0 Å². The first-order chi connectivity index (χ1) is 7.45. The van der Waals surface area contributed by atoms with Crippen molar-refractivity contribution in [1.29, 1.82) is 0 Å². The minimum absolute atomic E-state index is 0.861. The number of rotatable bonds is 4. The molecule has 0 spiro atoms. The van der Waals surface area contributed by atoms with Gasteiger partial charge in [0.05, 0.1) is 6.26 Å². The summed E-state index contributed by atoms with van der Waals surface area (Å²) in [4.78, 5) is 3.13. The standard InChI is InChI=1S/C13H13NO/c1-2-8-13(9-3-1)15-11-5-7-12-6-4-10-14-12/h1-6,8-11,14H,7H2. The molecular weight excluding hydrogens is 186 g/mol. The summed E-state index contributed by atoms with van der Waals surface area (Å²) in [7, 11) is 0. The van der Waals surface area contributed by atoms with Gasteiger partial charge in [-0.25, -0.2) is 0 Å². The van der Waals surface area contributed by atoms with Crippen LogP contribution in [0.3, 0.4) is 0 Å². The average Bonchev–Trinajstić information content (AvgIpc) is 2.79. The first-order valence-electron chi connectivity index (χ1n) is 4.94. The number of hydrogen-bond acceptors (Lipinski definition) is 1. The van der Waals surface area contributed by atoms with Crippen LogP contribution in [0.5, 0.6) is 5.75 Å². The van der Waals surface area contributed by atoms with E-state index >= 15 is 0 Å². The van der Waals surface area contributed by atoms with E-state index in [4.69, 9.17) is 4.74 Å². The second-order valence-electron chi connectivity index (χ2n) is 3.20. The lowest BCUT2D eigenvalue weighted by atomic mass is 10.3. The van der Waals surface area contributed by atoms with Crippen LogP contribution < -0.4 is 4.74 Å². The monoisotopic (exact) mass is 199 g/mol. The van der Waals surface area contributed by atoms with Crippen molar-refractivity contribution in [2.75, 3.05) is 0 Å². The fraction of sp³-hybridized carbons (Fsp3) is 0.0769. The average molecular weight is 199 g/mol. The maximum Gasteiger partial charge on any atom is 0.126 e. The molecule has 0 aliphatic heterocycles. The van der Waals surface area contributed by atoms with Crippen LogP contribution in [0.4, 0.5) is 0 Å². The summed E-state index contributed by atoms with van der Waals surface area (Å²) in [6, 6.07) is 13.8. The maximum absolute atomic E-state index is 5.41. The Hall–Kier alpha value is -1.96. The van der Waals surface area contributed by atoms with Crippen LogP contribution >= 0.6 is 0 Å². The number of aromatic nitrogens is 1. The van der Waals surface area contributed by atoms with Gasteiger partial charge in [0.2, 0.25) is 0 Å². The van der Waals surface area contributed by atoms with Crippen molar-refractivity contribution in [1.82, 2.24) is 4.98 Å². The third-order valence-electron chi connectivity index (χ3n) is 2.04. The van der Waals surface area contributed by atoms with Crippen LogP contribution in [-0.4, -0.2) is 4.98 Å². The minimum Gasteiger partial charge on any atom is -0.465 e. The molecule has 2 rings (SSSR count). The number of hydrogen-bond donors (Lipinski definition) is 1. The van der Waals surface area contributed by atoms with E-state index in [0.717, 1.165) is 12.2 Å². The normalized spacial score (nSPS) is 10.7. The third kappa shape index (κ3) is 3.02. The summed E-state index contributed by atoms with van der Waals surface area (Å²) in [6.07, 6.45) is 6.48.